The second-order valence-corrected chi connectivity index (χ2v) is 5.90. The van der Waals surface area contributed by atoms with Crippen LogP contribution < -0.4 is 5.73 Å². The van der Waals surface area contributed by atoms with Crippen molar-refractivity contribution in [3.8, 4) is 0 Å². The van der Waals surface area contributed by atoms with Crippen LogP contribution in [0.25, 0.3) is 0 Å². The van der Waals surface area contributed by atoms with Crippen molar-refractivity contribution in [3.63, 3.8) is 0 Å². The molecule has 0 amide bonds. The highest BCUT2D eigenvalue weighted by Gasteiger charge is 2.33. The SMILES string of the molecule is CC(N)C(c1ccc(Cl)s1)n1cc(C(F)(F)F)cn1. The summed E-state index contributed by atoms with van der Waals surface area (Å²) in [6.45, 7) is 1.72. The first-order chi connectivity index (χ1) is 8.79. The molecule has 104 valence electrons. The van der Waals surface area contributed by atoms with Gasteiger partial charge in [-0.1, -0.05) is 11.6 Å². The first-order valence-electron chi connectivity index (χ1n) is 5.41. The Morgan fingerprint density at radius 3 is 2.53 bits per heavy atom. The van der Waals surface area contributed by atoms with E-state index in [0.29, 0.717) is 4.34 Å². The predicted molar refractivity (Wildman–Crippen MR) is 68.3 cm³/mol. The van der Waals surface area contributed by atoms with Gasteiger partial charge in [0, 0.05) is 17.1 Å². The second kappa shape index (κ2) is 5.15. The molecule has 0 saturated carbocycles. The first-order valence-corrected chi connectivity index (χ1v) is 6.60. The van der Waals surface area contributed by atoms with Gasteiger partial charge in [-0.2, -0.15) is 18.3 Å². The molecule has 2 N–H and O–H groups in total. The summed E-state index contributed by atoms with van der Waals surface area (Å²) in [6.07, 6.45) is -2.65. The van der Waals surface area contributed by atoms with Crippen molar-refractivity contribution in [3.05, 3.63) is 39.3 Å². The van der Waals surface area contributed by atoms with Crippen molar-refractivity contribution < 1.29 is 13.2 Å². The molecule has 19 heavy (non-hydrogen) atoms. The molecule has 2 aromatic heterocycles. The van der Waals surface area contributed by atoms with Crippen LogP contribution in [-0.2, 0) is 6.18 Å². The molecule has 0 saturated heterocycles. The van der Waals surface area contributed by atoms with E-state index in [-0.39, 0.29) is 0 Å². The van der Waals surface area contributed by atoms with Crippen LogP contribution in [0.2, 0.25) is 4.34 Å². The summed E-state index contributed by atoms with van der Waals surface area (Å²) in [6, 6.07) is 2.57. The normalized spacial score (nSPS) is 15.5. The van der Waals surface area contributed by atoms with E-state index >= 15 is 0 Å². The third kappa shape index (κ3) is 3.10. The minimum absolute atomic E-state index is 0.393. The lowest BCUT2D eigenvalue weighted by Crippen LogP contribution is -2.30. The highest BCUT2D eigenvalue weighted by atomic mass is 35.5. The molecule has 3 nitrogen and oxygen atoms in total. The lowest BCUT2D eigenvalue weighted by atomic mass is 10.1. The number of hydrogen-bond acceptors (Lipinski definition) is 3. The van der Waals surface area contributed by atoms with Crippen LogP contribution in [0.3, 0.4) is 0 Å². The van der Waals surface area contributed by atoms with E-state index in [4.69, 9.17) is 17.3 Å². The van der Waals surface area contributed by atoms with Gasteiger partial charge in [-0.3, -0.25) is 4.68 Å². The molecule has 0 bridgehead atoms. The van der Waals surface area contributed by atoms with E-state index in [1.807, 2.05) is 0 Å². The lowest BCUT2D eigenvalue weighted by molar-refractivity contribution is -0.137. The van der Waals surface area contributed by atoms with Gasteiger partial charge in [-0.05, 0) is 19.1 Å². The van der Waals surface area contributed by atoms with Gasteiger partial charge >= 0.3 is 6.18 Å². The molecule has 0 radical (unpaired) electrons. The lowest BCUT2D eigenvalue weighted by Gasteiger charge is -2.20. The fourth-order valence-electron chi connectivity index (χ4n) is 1.75. The largest absolute Gasteiger partial charge is 0.419 e. The second-order valence-electron chi connectivity index (χ2n) is 4.15. The van der Waals surface area contributed by atoms with Crippen LogP contribution in [0.4, 0.5) is 13.2 Å². The smallest absolute Gasteiger partial charge is 0.326 e. The third-order valence-corrected chi connectivity index (χ3v) is 3.90. The molecule has 0 aliphatic carbocycles. The fraction of sp³-hybridized carbons (Fsp3) is 0.364. The molecule has 0 fully saturated rings. The van der Waals surface area contributed by atoms with Gasteiger partial charge in [0.05, 0.1) is 16.1 Å². The summed E-state index contributed by atoms with van der Waals surface area (Å²) >= 11 is 7.12. The molecule has 0 aliphatic rings. The number of aromatic nitrogens is 2. The average Bonchev–Trinajstić information content (AvgIpc) is 2.87. The Morgan fingerprint density at radius 1 is 1.42 bits per heavy atom. The van der Waals surface area contributed by atoms with E-state index in [9.17, 15) is 13.2 Å². The van der Waals surface area contributed by atoms with Gasteiger partial charge in [-0.15, -0.1) is 11.3 Å². The summed E-state index contributed by atoms with van der Waals surface area (Å²) in [7, 11) is 0. The number of nitrogens with zero attached hydrogens (tertiary/aromatic N) is 2. The van der Waals surface area contributed by atoms with Crippen LogP contribution in [0, 0.1) is 0 Å². The molecule has 0 aromatic carbocycles. The van der Waals surface area contributed by atoms with Gasteiger partial charge in [0.15, 0.2) is 0 Å². The van der Waals surface area contributed by atoms with Crippen molar-refractivity contribution in [2.45, 2.75) is 25.2 Å². The van der Waals surface area contributed by atoms with E-state index in [1.54, 1.807) is 19.1 Å². The monoisotopic (exact) mass is 309 g/mol. The van der Waals surface area contributed by atoms with Crippen molar-refractivity contribution in [1.29, 1.82) is 0 Å². The maximum atomic E-state index is 12.6. The predicted octanol–water partition coefficient (Wildman–Crippen LogP) is 3.55. The van der Waals surface area contributed by atoms with E-state index in [1.165, 1.54) is 16.0 Å². The van der Waals surface area contributed by atoms with Gasteiger partial charge < -0.3 is 5.73 Å². The Kier molecular flexibility index (Phi) is 3.89. The fourth-order valence-corrected chi connectivity index (χ4v) is 3.03. The summed E-state index contributed by atoms with van der Waals surface area (Å²) < 4.78 is 39.5. The van der Waals surface area contributed by atoms with Crippen molar-refractivity contribution in [2.75, 3.05) is 0 Å². The highest BCUT2D eigenvalue weighted by Crippen LogP contribution is 2.33. The first kappa shape index (κ1) is 14.4. The standard InChI is InChI=1S/C11H11ClF3N3S/c1-6(16)10(8-2-3-9(12)19-8)18-5-7(4-17-18)11(13,14)15/h2-6,10H,16H2,1H3. The number of thiophene rings is 1. The van der Waals surface area contributed by atoms with Gasteiger partial charge in [0.1, 0.15) is 6.04 Å². The summed E-state index contributed by atoms with van der Waals surface area (Å²) in [5, 5.41) is 3.77. The van der Waals surface area contributed by atoms with Crippen LogP contribution in [0.15, 0.2) is 24.5 Å². The quantitative estimate of drug-likeness (QED) is 0.942. The van der Waals surface area contributed by atoms with Crippen LogP contribution in [0.1, 0.15) is 23.4 Å². The van der Waals surface area contributed by atoms with Crippen molar-refractivity contribution in [2.24, 2.45) is 5.73 Å². The summed E-state index contributed by atoms with van der Waals surface area (Å²) in [5.74, 6) is 0. The number of nitrogens with two attached hydrogens (primary N) is 1. The molecule has 0 aliphatic heterocycles. The summed E-state index contributed by atoms with van der Waals surface area (Å²) in [4.78, 5) is 0.775. The number of hydrogen-bond donors (Lipinski definition) is 1. The molecule has 2 atom stereocenters. The molecule has 8 heteroatoms. The summed E-state index contributed by atoms with van der Waals surface area (Å²) in [5.41, 5.74) is 5.06. The number of alkyl halides is 3. The van der Waals surface area contributed by atoms with Gasteiger partial charge in [0.25, 0.3) is 0 Å². The molecule has 2 unspecified atom stereocenters. The molecular formula is C11H11ClF3N3S. The molecule has 2 rings (SSSR count). The maximum absolute atomic E-state index is 12.6. The molecule has 0 spiro atoms. The molecule has 2 aromatic rings. The molecule has 2 heterocycles. The maximum Gasteiger partial charge on any atom is 0.419 e. The third-order valence-electron chi connectivity index (χ3n) is 2.60. The van der Waals surface area contributed by atoms with Crippen LogP contribution in [0.5, 0.6) is 0 Å². The topological polar surface area (TPSA) is 43.8 Å². The van der Waals surface area contributed by atoms with Gasteiger partial charge in [0.2, 0.25) is 0 Å². The van der Waals surface area contributed by atoms with Crippen LogP contribution in [-0.4, -0.2) is 15.8 Å². The Bertz CT molecular complexity index is 562. The minimum Gasteiger partial charge on any atom is -0.326 e. The average molecular weight is 310 g/mol. The Labute approximate surface area is 116 Å². The van der Waals surface area contributed by atoms with Crippen molar-refractivity contribution in [1.82, 2.24) is 9.78 Å². The zero-order chi connectivity index (χ0) is 14.2. The van der Waals surface area contributed by atoms with E-state index in [2.05, 4.69) is 5.10 Å². The van der Waals surface area contributed by atoms with Crippen LogP contribution >= 0.6 is 22.9 Å². The van der Waals surface area contributed by atoms with Gasteiger partial charge in [-0.25, -0.2) is 0 Å². The molecular weight excluding hydrogens is 299 g/mol. The Hall–Kier alpha value is -1.05. The van der Waals surface area contributed by atoms with E-state index < -0.39 is 23.8 Å². The Balaban J connectivity index is 2.38. The zero-order valence-corrected chi connectivity index (χ0v) is 11.4. The van der Waals surface area contributed by atoms with Crippen molar-refractivity contribution >= 4 is 22.9 Å². The van der Waals surface area contributed by atoms with E-state index in [0.717, 1.165) is 17.3 Å². The minimum atomic E-state index is -4.41. The number of rotatable bonds is 3. The zero-order valence-electron chi connectivity index (χ0n) is 9.86. The Morgan fingerprint density at radius 2 is 2.11 bits per heavy atom. The number of halogens is 4. The highest BCUT2D eigenvalue weighted by molar-refractivity contribution is 7.16.